The van der Waals surface area contributed by atoms with Crippen LogP contribution in [0.4, 0.5) is 5.82 Å². The number of nitriles is 2. The zero-order valence-corrected chi connectivity index (χ0v) is 11.9. The molecule has 0 bridgehead atoms. The van der Waals surface area contributed by atoms with E-state index in [9.17, 15) is 4.79 Å². The average molecular weight is 297 g/mol. The maximum Gasteiger partial charge on any atom is 0.257 e. The van der Waals surface area contributed by atoms with Crippen LogP contribution >= 0.6 is 0 Å². The molecular weight excluding hydrogens is 282 g/mol. The van der Waals surface area contributed by atoms with Gasteiger partial charge in [0.2, 0.25) is 0 Å². The van der Waals surface area contributed by atoms with Crippen molar-refractivity contribution in [2.75, 3.05) is 25.0 Å². The van der Waals surface area contributed by atoms with Crippen LogP contribution in [0.2, 0.25) is 0 Å². The molecule has 22 heavy (non-hydrogen) atoms. The van der Waals surface area contributed by atoms with E-state index in [1.165, 1.54) is 11.2 Å². The molecule has 2 N–H and O–H groups in total. The first-order valence-corrected chi connectivity index (χ1v) is 6.79. The number of carbonyl (C=O) groups is 1. The number of hydrazone groups is 1. The van der Waals surface area contributed by atoms with Crippen molar-refractivity contribution in [3.8, 4) is 12.1 Å². The molecule has 0 aromatic carbocycles. The van der Waals surface area contributed by atoms with Crippen molar-refractivity contribution in [3.63, 3.8) is 0 Å². The highest BCUT2D eigenvalue weighted by Gasteiger charge is 2.25. The van der Waals surface area contributed by atoms with Gasteiger partial charge in [0, 0.05) is 31.9 Å². The number of nitrogens with zero attached hydrogens (tertiary/aromatic N) is 5. The Balaban J connectivity index is 1.65. The Hall–Kier alpha value is -2.97. The Labute approximate surface area is 128 Å². The van der Waals surface area contributed by atoms with Crippen LogP contribution in [0.3, 0.4) is 0 Å². The van der Waals surface area contributed by atoms with Crippen LogP contribution in [0, 0.1) is 22.7 Å². The van der Waals surface area contributed by atoms with Crippen molar-refractivity contribution >= 4 is 17.9 Å². The van der Waals surface area contributed by atoms with E-state index in [0.717, 1.165) is 0 Å². The van der Waals surface area contributed by atoms with Crippen molar-refractivity contribution in [2.45, 2.75) is 12.5 Å². The van der Waals surface area contributed by atoms with E-state index in [0.29, 0.717) is 30.9 Å². The summed E-state index contributed by atoms with van der Waals surface area (Å²) in [5.41, 5.74) is 0.507. The molecule has 8 nitrogen and oxygen atoms in total. The number of anilines is 1. The molecule has 2 heterocycles. The van der Waals surface area contributed by atoms with Crippen molar-refractivity contribution in [3.05, 3.63) is 23.9 Å². The predicted molar refractivity (Wildman–Crippen MR) is 79.7 cm³/mol. The number of rotatable bonds is 6. The monoisotopic (exact) mass is 297 g/mol. The summed E-state index contributed by atoms with van der Waals surface area (Å²) in [6.45, 7) is 1.26. The topological polar surface area (TPSA) is 117 Å². The lowest BCUT2D eigenvalue weighted by molar-refractivity contribution is -0.130. The SMILES string of the molecule is N#Cc1ccc(NCCNCC(=O)N2N=CC[C@@H]2C#N)nc1. The number of amides is 1. The summed E-state index contributed by atoms with van der Waals surface area (Å²) in [4.78, 5) is 15.9. The number of carbonyl (C=O) groups excluding carboxylic acids is 1. The normalized spacial score (nSPS) is 16.1. The highest BCUT2D eigenvalue weighted by Crippen LogP contribution is 2.09. The van der Waals surface area contributed by atoms with Crippen LogP contribution in [0.5, 0.6) is 0 Å². The van der Waals surface area contributed by atoms with Gasteiger partial charge in [-0.3, -0.25) is 4.79 Å². The molecule has 0 fully saturated rings. The lowest BCUT2D eigenvalue weighted by Gasteiger charge is -2.16. The van der Waals surface area contributed by atoms with Crippen LogP contribution < -0.4 is 10.6 Å². The molecule has 0 unspecified atom stereocenters. The minimum Gasteiger partial charge on any atom is -0.369 e. The van der Waals surface area contributed by atoms with Crippen molar-refractivity contribution < 1.29 is 4.79 Å². The molecule has 0 radical (unpaired) electrons. The summed E-state index contributed by atoms with van der Waals surface area (Å²) < 4.78 is 0. The van der Waals surface area contributed by atoms with Gasteiger partial charge in [0.25, 0.3) is 5.91 Å². The minimum absolute atomic E-state index is 0.123. The number of aromatic nitrogens is 1. The van der Waals surface area contributed by atoms with Gasteiger partial charge in [-0.1, -0.05) is 0 Å². The summed E-state index contributed by atoms with van der Waals surface area (Å²) in [6.07, 6.45) is 3.55. The summed E-state index contributed by atoms with van der Waals surface area (Å²) in [7, 11) is 0. The molecule has 0 aliphatic carbocycles. The Morgan fingerprint density at radius 3 is 2.95 bits per heavy atom. The highest BCUT2D eigenvalue weighted by atomic mass is 16.2. The first-order valence-electron chi connectivity index (χ1n) is 6.79. The number of hydrogen-bond donors (Lipinski definition) is 2. The summed E-state index contributed by atoms with van der Waals surface area (Å²) in [5, 5.41) is 28.7. The second-order valence-electron chi connectivity index (χ2n) is 4.56. The van der Waals surface area contributed by atoms with E-state index in [2.05, 4.69) is 20.7 Å². The zero-order chi connectivity index (χ0) is 15.8. The fourth-order valence-electron chi connectivity index (χ4n) is 1.88. The average Bonchev–Trinajstić information content (AvgIpc) is 3.03. The molecule has 0 spiro atoms. The van der Waals surface area contributed by atoms with Gasteiger partial charge in [0.05, 0.1) is 18.2 Å². The van der Waals surface area contributed by atoms with Crippen molar-refractivity contribution in [1.29, 1.82) is 10.5 Å². The first-order chi connectivity index (χ1) is 10.7. The summed E-state index contributed by atoms with van der Waals surface area (Å²) >= 11 is 0. The number of nitrogens with one attached hydrogen (secondary N) is 2. The van der Waals surface area contributed by atoms with Gasteiger partial charge in [0.1, 0.15) is 17.9 Å². The van der Waals surface area contributed by atoms with Gasteiger partial charge >= 0.3 is 0 Å². The van der Waals surface area contributed by atoms with Gasteiger partial charge in [0.15, 0.2) is 0 Å². The standard InChI is InChI=1S/C14H15N7O/c15-7-11-1-2-13(19-9-11)18-6-5-17-10-14(22)21-12(8-16)3-4-20-21/h1-2,4,9,12,17H,3,5-6,10H2,(H,18,19)/t12-/m1/s1. The van der Waals surface area contributed by atoms with E-state index >= 15 is 0 Å². The molecule has 1 aliphatic rings. The van der Waals surface area contributed by atoms with E-state index in [1.807, 2.05) is 12.1 Å². The molecule has 1 aromatic rings. The fraction of sp³-hybridized carbons (Fsp3) is 0.357. The second-order valence-corrected chi connectivity index (χ2v) is 4.56. The first kappa shape index (κ1) is 15.4. The number of hydrogen-bond acceptors (Lipinski definition) is 7. The van der Waals surface area contributed by atoms with Gasteiger partial charge in [-0.25, -0.2) is 9.99 Å². The fourth-order valence-corrected chi connectivity index (χ4v) is 1.88. The van der Waals surface area contributed by atoms with Crippen LogP contribution in [0.1, 0.15) is 12.0 Å². The minimum atomic E-state index is -0.490. The quantitative estimate of drug-likeness (QED) is 0.717. The summed E-state index contributed by atoms with van der Waals surface area (Å²) in [6, 6.07) is 6.95. The Morgan fingerprint density at radius 2 is 2.27 bits per heavy atom. The summed E-state index contributed by atoms with van der Waals surface area (Å²) in [5.74, 6) is 0.442. The smallest absolute Gasteiger partial charge is 0.257 e. The molecule has 2 rings (SSSR count). The molecule has 1 amide bonds. The zero-order valence-electron chi connectivity index (χ0n) is 11.9. The van der Waals surface area contributed by atoms with Crippen molar-refractivity contribution in [1.82, 2.24) is 15.3 Å². The van der Waals surface area contributed by atoms with E-state index in [4.69, 9.17) is 10.5 Å². The van der Waals surface area contributed by atoms with Gasteiger partial charge in [-0.15, -0.1) is 0 Å². The van der Waals surface area contributed by atoms with E-state index in [-0.39, 0.29) is 12.5 Å². The molecule has 1 aliphatic heterocycles. The number of pyridine rings is 1. The predicted octanol–water partition coefficient (Wildman–Crippen LogP) is 0.0651. The molecule has 0 saturated carbocycles. The van der Waals surface area contributed by atoms with E-state index in [1.54, 1.807) is 18.3 Å². The third-order valence-electron chi connectivity index (χ3n) is 3.01. The molecule has 1 aromatic heterocycles. The third kappa shape index (κ3) is 4.01. The largest absolute Gasteiger partial charge is 0.369 e. The highest BCUT2D eigenvalue weighted by molar-refractivity contribution is 5.81. The van der Waals surface area contributed by atoms with Crippen LogP contribution in [0.15, 0.2) is 23.4 Å². The van der Waals surface area contributed by atoms with Crippen LogP contribution in [0.25, 0.3) is 0 Å². The van der Waals surface area contributed by atoms with E-state index < -0.39 is 6.04 Å². The van der Waals surface area contributed by atoms with Crippen LogP contribution in [-0.4, -0.2) is 47.8 Å². The van der Waals surface area contributed by atoms with Gasteiger partial charge in [-0.05, 0) is 12.1 Å². The molecular formula is C14H15N7O. The van der Waals surface area contributed by atoms with Crippen molar-refractivity contribution in [2.24, 2.45) is 5.10 Å². The lowest BCUT2D eigenvalue weighted by Crippen LogP contribution is -2.39. The molecule has 0 saturated heterocycles. The lowest BCUT2D eigenvalue weighted by atomic mass is 10.2. The van der Waals surface area contributed by atoms with Gasteiger partial charge < -0.3 is 10.6 Å². The molecule has 1 atom stereocenters. The Kier molecular flexibility index (Phi) is 5.41. The maximum atomic E-state index is 11.9. The second kappa shape index (κ2) is 7.72. The Bertz CT molecular complexity index is 626. The third-order valence-corrected chi connectivity index (χ3v) is 3.01. The van der Waals surface area contributed by atoms with Crippen LogP contribution in [-0.2, 0) is 4.79 Å². The molecule has 112 valence electrons. The Morgan fingerprint density at radius 1 is 1.41 bits per heavy atom. The molecule has 8 heteroatoms. The maximum absolute atomic E-state index is 11.9. The van der Waals surface area contributed by atoms with Gasteiger partial charge in [-0.2, -0.15) is 15.6 Å².